The van der Waals surface area contributed by atoms with Gasteiger partial charge in [-0.15, -0.1) is 0 Å². The molecule has 1 aromatic carbocycles. The van der Waals surface area contributed by atoms with E-state index in [9.17, 15) is 0 Å². The first-order valence-electron chi connectivity index (χ1n) is 6.90. The molecule has 0 aromatic heterocycles. The summed E-state index contributed by atoms with van der Waals surface area (Å²) in [5.41, 5.74) is 6.45. The molecule has 0 amide bonds. The Hall–Kier alpha value is -1.13. The summed E-state index contributed by atoms with van der Waals surface area (Å²) in [4.78, 5) is 2.87. The molecule has 2 rings (SSSR count). The number of ether oxygens (including phenoxy) is 1. The second-order valence-corrected chi connectivity index (χ2v) is 5.60. The third kappa shape index (κ3) is 4.18. The van der Waals surface area contributed by atoms with Crippen molar-refractivity contribution in [2.24, 2.45) is 5.73 Å². The molecule has 1 heterocycles. The van der Waals surface area contributed by atoms with Crippen LogP contribution in [0.4, 0.5) is 0 Å². The smallest absolute Gasteiger partial charge is 0.119 e. The Morgan fingerprint density at radius 3 is 2.74 bits per heavy atom. The Kier molecular flexibility index (Phi) is 5.16. The number of likely N-dealkylation sites (tertiary alicyclic amines) is 1. The van der Waals surface area contributed by atoms with Gasteiger partial charge in [0.2, 0.25) is 0 Å². The third-order valence-electron chi connectivity index (χ3n) is 3.78. The van der Waals surface area contributed by atoms with Gasteiger partial charge in [-0.1, -0.05) is 18.6 Å². The summed E-state index contributed by atoms with van der Waals surface area (Å²) >= 11 is 4.92. The van der Waals surface area contributed by atoms with Crippen LogP contribution in [0.3, 0.4) is 0 Å². The Balaban J connectivity index is 1.77. The van der Waals surface area contributed by atoms with Gasteiger partial charge in [-0.25, -0.2) is 0 Å². The molecule has 19 heavy (non-hydrogen) atoms. The van der Waals surface area contributed by atoms with Gasteiger partial charge in [-0.2, -0.15) is 0 Å². The van der Waals surface area contributed by atoms with Crippen LogP contribution in [0.2, 0.25) is 0 Å². The normalized spacial score (nSPS) is 20.2. The minimum absolute atomic E-state index is 0.426. The lowest BCUT2D eigenvalue weighted by Gasteiger charge is -2.32. The van der Waals surface area contributed by atoms with Crippen molar-refractivity contribution in [3.63, 3.8) is 0 Å². The maximum atomic E-state index is 5.78. The molecular formula is C15H22N2OS. The van der Waals surface area contributed by atoms with E-state index in [2.05, 4.69) is 11.9 Å². The number of piperidine rings is 1. The van der Waals surface area contributed by atoms with Gasteiger partial charge in [0.15, 0.2) is 0 Å². The van der Waals surface area contributed by atoms with Crippen LogP contribution < -0.4 is 10.5 Å². The van der Waals surface area contributed by atoms with Crippen LogP contribution in [0, 0.1) is 0 Å². The topological polar surface area (TPSA) is 38.5 Å². The zero-order valence-corrected chi connectivity index (χ0v) is 12.3. The van der Waals surface area contributed by atoms with Gasteiger partial charge in [0.25, 0.3) is 0 Å². The second-order valence-electron chi connectivity index (χ2n) is 5.16. The predicted octanol–water partition coefficient (Wildman–Crippen LogP) is 2.57. The number of rotatable bonds is 5. The molecule has 1 atom stereocenters. The number of hydrogen-bond acceptors (Lipinski definition) is 3. The molecule has 0 saturated carbocycles. The first-order valence-corrected chi connectivity index (χ1v) is 7.30. The molecule has 0 radical (unpaired) electrons. The van der Waals surface area contributed by atoms with E-state index in [1.54, 1.807) is 0 Å². The summed E-state index contributed by atoms with van der Waals surface area (Å²) in [6.07, 6.45) is 5.06. The molecule has 4 heteroatoms. The number of nitrogens with two attached hydrogens (primary N) is 1. The minimum atomic E-state index is 0.426. The highest BCUT2D eigenvalue weighted by Crippen LogP contribution is 2.19. The van der Waals surface area contributed by atoms with Crippen molar-refractivity contribution in [1.82, 2.24) is 4.90 Å². The van der Waals surface area contributed by atoms with Crippen LogP contribution in [0.5, 0.6) is 5.75 Å². The maximum Gasteiger partial charge on any atom is 0.119 e. The number of benzene rings is 1. The lowest BCUT2D eigenvalue weighted by molar-refractivity contribution is 0.153. The zero-order chi connectivity index (χ0) is 13.7. The van der Waals surface area contributed by atoms with E-state index in [1.807, 2.05) is 24.3 Å². The maximum absolute atomic E-state index is 5.78. The summed E-state index contributed by atoms with van der Waals surface area (Å²) in [6.45, 7) is 1.98. The van der Waals surface area contributed by atoms with Crippen molar-refractivity contribution in [3.8, 4) is 5.75 Å². The summed E-state index contributed by atoms with van der Waals surface area (Å²) in [5.74, 6) is 0.887. The molecule has 1 saturated heterocycles. The van der Waals surface area contributed by atoms with Crippen LogP contribution in [0.15, 0.2) is 24.3 Å². The molecule has 1 fully saturated rings. The standard InChI is InChI=1S/C15H22N2OS/c1-17-10-3-2-4-13(17)9-11-18-14-7-5-12(6-8-14)15(16)19/h5-8,13H,2-4,9-11H2,1H3,(H2,16,19). The summed E-state index contributed by atoms with van der Waals surface area (Å²) in [6, 6.07) is 8.34. The predicted molar refractivity (Wildman–Crippen MR) is 82.7 cm³/mol. The lowest BCUT2D eigenvalue weighted by Crippen LogP contribution is -2.37. The monoisotopic (exact) mass is 278 g/mol. The average Bonchev–Trinajstić information content (AvgIpc) is 2.41. The van der Waals surface area contributed by atoms with Crippen LogP contribution >= 0.6 is 12.2 Å². The van der Waals surface area contributed by atoms with Gasteiger partial charge in [-0.05, 0) is 57.1 Å². The zero-order valence-electron chi connectivity index (χ0n) is 11.5. The molecule has 2 N–H and O–H groups in total. The summed E-state index contributed by atoms with van der Waals surface area (Å²) in [5, 5.41) is 0. The highest BCUT2D eigenvalue weighted by Gasteiger charge is 2.18. The molecule has 0 bridgehead atoms. The first kappa shape index (κ1) is 14.3. The number of nitrogens with zero attached hydrogens (tertiary/aromatic N) is 1. The Labute approximate surface area is 120 Å². The van der Waals surface area contributed by atoms with Crippen molar-refractivity contribution in [3.05, 3.63) is 29.8 Å². The van der Waals surface area contributed by atoms with Crippen LogP contribution in [-0.2, 0) is 0 Å². The molecule has 0 spiro atoms. The van der Waals surface area contributed by atoms with Crippen molar-refractivity contribution in [2.75, 3.05) is 20.2 Å². The van der Waals surface area contributed by atoms with Crippen LogP contribution in [-0.4, -0.2) is 36.1 Å². The van der Waals surface area contributed by atoms with Gasteiger partial charge in [0.05, 0.1) is 6.61 Å². The van der Waals surface area contributed by atoms with Crippen molar-refractivity contribution in [1.29, 1.82) is 0 Å². The summed E-state index contributed by atoms with van der Waals surface area (Å²) in [7, 11) is 2.21. The molecule has 1 aliphatic heterocycles. The van der Waals surface area contributed by atoms with E-state index in [0.29, 0.717) is 11.0 Å². The quantitative estimate of drug-likeness (QED) is 0.840. The van der Waals surface area contributed by atoms with Gasteiger partial charge >= 0.3 is 0 Å². The average molecular weight is 278 g/mol. The van der Waals surface area contributed by atoms with E-state index in [4.69, 9.17) is 22.7 Å². The molecule has 104 valence electrons. The fraction of sp³-hybridized carbons (Fsp3) is 0.533. The molecular weight excluding hydrogens is 256 g/mol. The van der Waals surface area contributed by atoms with Gasteiger partial charge in [-0.3, -0.25) is 0 Å². The van der Waals surface area contributed by atoms with Crippen LogP contribution in [0.25, 0.3) is 0 Å². The van der Waals surface area contributed by atoms with E-state index in [-0.39, 0.29) is 0 Å². The molecule has 1 unspecified atom stereocenters. The van der Waals surface area contributed by atoms with E-state index < -0.39 is 0 Å². The highest BCUT2D eigenvalue weighted by atomic mass is 32.1. The largest absolute Gasteiger partial charge is 0.494 e. The first-order chi connectivity index (χ1) is 9.16. The van der Waals surface area contributed by atoms with E-state index >= 15 is 0 Å². The van der Waals surface area contributed by atoms with E-state index in [1.165, 1.54) is 25.8 Å². The second kappa shape index (κ2) is 6.87. The Morgan fingerprint density at radius 1 is 1.37 bits per heavy atom. The fourth-order valence-electron chi connectivity index (χ4n) is 2.54. The van der Waals surface area contributed by atoms with E-state index in [0.717, 1.165) is 24.3 Å². The highest BCUT2D eigenvalue weighted by molar-refractivity contribution is 7.80. The number of thiocarbonyl (C=S) groups is 1. The molecule has 3 nitrogen and oxygen atoms in total. The Morgan fingerprint density at radius 2 is 2.11 bits per heavy atom. The molecule has 0 aliphatic carbocycles. The van der Waals surface area contributed by atoms with Crippen LogP contribution in [0.1, 0.15) is 31.2 Å². The van der Waals surface area contributed by atoms with Gasteiger partial charge in [0.1, 0.15) is 10.7 Å². The SMILES string of the molecule is CN1CCCCC1CCOc1ccc(C(N)=S)cc1. The lowest BCUT2D eigenvalue weighted by atomic mass is 10.0. The molecule has 1 aromatic rings. The Bertz CT molecular complexity index is 419. The van der Waals surface area contributed by atoms with Crippen molar-refractivity contribution < 1.29 is 4.74 Å². The van der Waals surface area contributed by atoms with Crippen molar-refractivity contribution in [2.45, 2.75) is 31.7 Å². The van der Waals surface area contributed by atoms with Gasteiger partial charge in [0, 0.05) is 11.6 Å². The molecule has 1 aliphatic rings. The van der Waals surface area contributed by atoms with Crippen molar-refractivity contribution >= 4 is 17.2 Å². The fourth-order valence-corrected chi connectivity index (χ4v) is 2.67. The van der Waals surface area contributed by atoms with Gasteiger partial charge < -0.3 is 15.4 Å². The third-order valence-corrected chi connectivity index (χ3v) is 4.02. The summed E-state index contributed by atoms with van der Waals surface area (Å²) < 4.78 is 5.78. The number of hydrogen-bond donors (Lipinski definition) is 1. The minimum Gasteiger partial charge on any atom is -0.494 e.